The first kappa shape index (κ1) is 42.1. The maximum atomic E-state index is 12.3. The molecule has 0 saturated heterocycles. The maximum absolute atomic E-state index is 12.3. The number of rotatable bonds is 12. The van der Waals surface area contributed by atoms with Crippen molar-refractivity contribution in [2.24, 2.45) is 0 Å². The number of nitrogens with one attached hydrogen (secondary N) is 4. The molecular formula is C44H36N4O9V2. The first-order valence-electron chi connectivity index (χ1n) is 18.1. The normalized spacial score (nSPS) is 14.9. The van der Waals surface area contributed by atoms with Crippen LogP contribution in [0, 0.1) is 0 Å². The molecule has 2 atom stereocenters. The van der Waals surface area contributed by atoms with Gasteiger partial charge in [-0.25, -0.2) is 9.59 Å². The Morgan fingerprint density at radius 3 is 1.37 bits per heavy atom. The van der Waals surface area contributed by atoms with Crippen molar-refractivity contribution in [1.82, 2.24) is 20.6 Å². The van der Waals surface area contributed by atoms with E-state index >= 15 is 0 Å². The summed E-state index contributed by atoms with van der Waals surface area (Å²) in [5.41, 5.74) is 8.19. The molecule has 2 aliphatic rings. The minimum absolute atomic E-state index is 0.141. The molecule has 2 heterocycles. The molecule has 8 rings (SSSR count). The Bertz CT molecular complexity index is 2500. The van der Waals surface area contributed by atoms with Crippen molar-refractivity contribution in [1.29, 1.82) is 0 Å². The fraction of sp³-hybridized carbons (Fsp3) is 0.0909. The zero-order valence-corrected chi connectivity index (χ0v) is 33.9. The topological polar surface area (TPSA) is 208 Å². The average Bonchev–Trinajstić information content (AvgIpc) is 3.86. The molecule has 296 valence electrons. The van der Waals surface area contributed by atoms with Crippen LogP contribution >= 0.6 is 0 Å². The third kappa shape index (κ3) is 10.5. The van der Waals surface area contributed by atoms with Crippen LogP contribution in [0.25, 0.3) is 45.1 Å². The quantitative estimate of drug-likeness (QED) is 0.0735. The number of hydrogen-bond acceptors (Lipinski definition) is 9. The average molecular weight is 867 g/mol. The second-order valence-electron chi connectivity index (χ2n) is 13.2. The van der Waals surface area contributed by atoms with Crippen LogP contribution < -0.4 is 10.6 Å². The number of allylic oxidation sites excluding steroid dienone is 4. The van der Waals surface area contributed by atoms with Gasteiger partial charge in [0.15, 0.2) is 11.6 Å². The number of aromatic amines is 2. The molecule has 59 heavy (non-hydrogen) atoms. The van der Waals surface area contributed by atoms with Crippen LogP contribution in [0.2, 0.25) is 0 Å². The van der Waals surface area contributed by atoms with E-state index in [1.807, 2.05) is 109 Å². The zero-order chi connectivity index (χ0) is 41.7. The molecule has 6 N–H and O–H groups in total. The van der Waals surface area contributed by atoms with E-state index in [0.717, 1.165) is 55.2 Å². The Labute approximate surface area is 352 Å². The van der Waals surface area contributed by atoms with Crippen LogP contribution in [0.15, 0.2) is 134 Å². The van der Waals surface area contributed by atoms with Gasteiger partial charge in [-0.15, -0.1) is 0 Å². The van der Waals surface area contributed by atoms with Crippen molar-refractivity contribution in [2.75, 3.05) is 0 Å². The van der Waals surface area contributed by atoms with Crippen LogP contribution in [-0.4, -0.2) is 55.8 Å². The summed E-state index contributed by atoms with van der Waals surface area (Å²) in [5, 5.41) is 27.1. The number of ketones is 2. The van der Waals surface area contributed by atoms with Crippen molar-refractivity contribution in [2.45, 2.75) is 24.9 Å². The Hall–Kier alpha value is -6.47. The van der Waals surface area contributed by atoms with E-state index in [-0.39, 0.29) is 11.6 Å². The van der Waals surface area contributed by atoms with Crippen molar-refractivity contribution in [3.63, 3.8) is 0 Å². The number of benzene rings is 4. The Morgan fingerprint density at radius 1 is 0.593 bits per heavy atom. The van der Waals surface area contributed by atoms with Gasteiger partial charge in [-0.2, -0.15) is 0 Å². The second kappa shape index (κ2) is 20.3. The molecule has 6 aromatic rings. The number of aliphatic carboxylic acids is 2. The molecule has 0 spiro atoms. The van der Waals surface area contributed by atoms with E-state index < -0.39 is 57.2 Å². The fourth-order valence-corrected chi connectivity index (χ4v) is 6.92. The summed E-state index contributed by atoms with van der Waals surface area (Å²) in [4.78, 5) is 54.4. The van der Waals surface area contributed by atoms with Gasteiger partial charge in [-0.3, -0.25) is 9.59 Å². The van der Waals surface area contributed by atoms with Gasteiger partial charge >= 0.3 is 55.0 Å². The van der Waals surface area contributed by atoms with E-state index in [9.17, 15) is 36.7 Å². The van der Waals surface area contributed by atoms with E-state index in [4.69, 9.17) is 0 Å². The van der Waals surface area contributed by atoms with Gasteiger partial charge in [0.2, 0.25) is 0 Å². The number of carboxylic acids is 2. The van der Waals surface area contributed by atoms with Crippen molar-refractivity contribution in [3.05, 3.63) is 167 Å². The standard InChI is InChI=1S/2C22H18N2O3.3O.2V/c2*25-21-10-9-14-5-1-2-6-16(14)18(21)13-24-20(22(26)27)11-15-12-23-19-8-4-3-7-17(15)19;;;;;/h2*1-10,12-13,20,23-24H,11H2,(H,26,27);;;;;/b2*18-13-;;;;;/t2*20-;;;;;/m00...../s1. The molecule has 0 saturated carbocycles. The van der Waals surface area contributed by atoms with Gasteiger partial charge in [0.25, 0.3) is 0 Å². The zero-order valence-electron chi connectivity index (χ0n) is 31.1. The third-order valence-corrected chi connectivity index (χ3v) is 10.6. The van der Waals surface area contributed by atoms with Gasteiger partial charge in [-0.05, 0) is 57.7 Å². The number of hydrogen-bond donors (Lipinski definition) is 6. The number of fused-ring (bicyclic) bond motifs is 4. The minimum atomic E-state index is -1.30. The summed E-state index contributed by atoms with van der Waals surface area (Å²) in [6.07, 6.45) is 13.9. The third-order valence-electron chi connectivity index (χ3n) is 9.58. The van der Waals surface area contributed by atoms with Crippen LogP contribution in [0.3, 0.4) is 0 Å². The fourth-order valence-electron chi connectivity index (χ4n) is 6.71. The SMILES string of the molecule is O=C1C=Cc2ccccc2/C1=C/N[C@@H](Cc1c[nH]c2ccccc12)C(=O)O.O=C1C=Cc2ccccc2/C1=C/N[C@@H](Cc1c[nH]c2ccccc12)C(=O)O.[O]=[V][O][V]=[O]. The number of aromatic nitrogens is 2. The summed E-state index contributed by atoms with van der Waals surface area (Å²) < 4.78 is 22.4. The first-order chi connectivity index (χ1) is 28.7. The number of H-pyrrole nitrogens is 2. The molecule has 0 radical (unpaired) electrons. The molecule has 0 aliphatic heterocycles. The first-order valence-corrected chi connectivity index (χ1v) is 20.4. The van der Waals surface area contributed by atoms with Gasteiger partial charge < -0.3 is 30.8 Å². The molecule has 0 bridgehead atoms. The Balaban J connectivity index is 0.000000178. The predicted molar refractivity (Wildman–Crippen MR) is 213 cm³/mol. The van der Waals surface area contributed by atoms with Gasteiger partial charge in [-0.1, -0.05) is 97.1 Å². The predicted octanol–water partition coefficient (Wildman–Crippen LogP) is 6.47. The van der Waals surface area contributed by atoms with Gasteiger partial charge in [0.05, 0.1) is 0 Å². The molecule has 2 aromatic heterocycles. The number of carbonyl (C=O) groups is 4. The van der Waals surface area contributed by atoms with Crippen LogP contribution in [0.1, 0.15) is 33.4 Å². The number of carbonyl (C=O) groups excluding carboxylic acids is 2. The second-order valence-corrected chi connectivity index (χ2v) is 14.9. The number of para-hydroxylation sites is 2. The molecule has 4 aromatic carbocycles. The Morgan fingerprint density at radius 2 is 0.983 bits per heavy atom. The van der Waals surface area contributed by atoms with Crippen molar-refractivity contribution < 1.29 is 72.5 Å². The van der Waals surface area contributed by atoms with E-state index in [2.05, 4.69) is 23.2 Å². The van der Waals surface area contributed by atoms with Crippen LogP contribution in [-0.2, 0) is 75.1 Å². The van der Waals surface area contributed by atoms with Crippen LogP contribution in [0.5, 0.6) is 0 Å². The van der Waals surface area contributed by atoms with E-state index in [1.54, 1.807) is 12.2 Å². The van der Waals surface area contributed by atoms with Crippen molar-refractivity contribution >= 4 is 68.6 Å². The van der Waals surface area contributed by atoms with E-state index in [1.165, 1.54) is 24.6 Å². The summed E-state index contributed by atoms with van der Waals surface area (Å²) in [6, 6.07) is 28.9. The van der Waals surface area contributed by atoms with Crippen LogP contribution in [0.4, 0.5) is 0 Å². The monoisotopic (exact) mass is 866 g/mol. The van der Waals surface area contributed by atoms with Crippen molar-refractivity contribution in [3.8, 4) is 0 Å². The summed E-state index contributed by atoms with van der Waals surface area (Å²) in [5.74, 6) is -2.22. The van der Waals surface area contributed by atoms with Gasteiger partial charge in [0, 0.05) is 70.6 Å². The molecule has 0 unspecified atom stereocenters. The van der Waals surface area contributed by atoms with Gasteiger partial charge in [0.1, 0.15) is 12.1 Å². The molecule has 0 amide bonds. The summed E-state index contributed by atoms with van der Waals surface area (Å²) in [6.45, 7) is 0. The summed E-state index contributed by atoms with van der Waals surface area (Å²) in [7, 11) is 0. The Kier molecular flexibility index (Phi) is 14.5. The molecule has 0 fully saturated rings. The van der Waals surface area contributed by atoms with E-state index in [0.29, 0.717) is 24.0 Å². The molecule has 2 aliphatic carbocycles. The molecule has 13 nitrogen and oxygen atoms in total. The molecule has 15 heteroatoms. The summed E-state index contributed by atoms with van der Waals surface area (Å²) >= 11 is -2.61. The molecular weight excluding hydrogens is 830 g/mol. The number of carboxylic acid groups (broad SMARTS) is 2.